The zero-order valence-electron chi connectivity index (χ0n) is 13.1. The first-order valence-corrected chi connectivity index (χ1v) is 8.64. The van der Waals surface area contributed by atoms with Gasteiger partial charge < -0.3 is 10.1 Å². The lowest BCUT2D eigenvalue weighted by atomic mass is 9.96. The molecule has 1 amide bonds. The number of anilines is 1. The maximum absolute atomic E-state index is 12.2. The minimum Gasteiger partial charge on any atom is -0.452 e. The molecular weight excluding hydrogens is 310 g/mol. The van der Waals surface area contributed by atoms with Gasteiger partial charge in [-0.2, -0.15) is 0 Å². The van der Waals surface area contributed by atoms with Crippen LogP contribution in [0.25, 0.3) is 0 Å². The number of aryl methyl sites for hydroxylation is 2. The van der Waals surface area contributed by atoms with Crippen molar-refractivity contribution in [2.75, 3.05) is 11.9 Å². The molecule has 120 valence electrons. The fourth-order valence-electron chi connectivity index (χ4n) is 2.79. The van der Waals surface area contributed by atoms with Crippen molar-refractivity contribution in [1.82, 2.24) is 0 Å². The molecule has 0 atom stereocenters. The van der Waals surface area contributed by atoms with Gasteiger partial charge in [0.1, 0.15) is 0 Å². The molecule has 3 rings (SSSR count). The topological polar surface area (TPSA) is 55.4 Å². The Balaban J connectivity index is 1.56. The SMILES string of the molecule is Cc1cccc(NC(=O)COC(=O)c2csc3c2CCCC3)c1. The van der Waals surface area contributed by atoms with Crippen molar-refractivity contribution in [1.29, 1.82) is 0 Å². The van der Waals surface area contributed by atoms with Crippen molar-refractivity contribution in [3.63, 3.8) is 0 Å². The van der Waals surface area contributed by atoms with Crippen molar-refractivity contribution < 1.29 is 14.3 Å². The number of thiophene rings is 1. The Labute approximate surface area is 139 Å². The Morgan fingerprint density at radius 2 is 2.09 bits per heavy atom. The second-order valence-electron chi connectivity index (χ2n) is 5.75. The van der Waals surface area contributed by atoms with Gasteiger partial charge in [0, 0.05) is 15.9 Å². The number of carbonyl (C=O) groups excluding carboxylic acids is 2. The van der Waals surface area contributed by atoms with Gasteiger partial charge in [0.15, 0.2) is 6.61 Å². The van der Waals surface area contributed by atoms with Crippen LogP contribution in [0.4, 0.5) is 5.69 Å². The average molecular weight is 329 g/mol. The zero-order valence-corrected chi connectivity index (χ0v) is 13.9. The summed E-state index contributed by atoms with van der Waals surface area (Å²) in [5.41, 5.74) is 3.52. The molecule has 4 nitrogen and oxygen atoms in total. The maximum atomic E-state index is 12.2. The van der Waals surface area contributed by atoms with Crippen LogP contribution in [0.2, 0.25) is 0 Å². The average Bonchev–Trinajstić information content (AvgIpc) is 2.97. The number of amides is 1. The molecular formula is C18H19NO3S. The molecule has 1 aromatic heterocycles. The van der Waals surface area contributed by atoms with Crippen molar-refractivity contribution in [2.24, 2.45) is 0 Å². The van der Waals surface area contributed by atoms with E-state index in [4.69, 9.17) is 4.74 Å². The summed E-state index contributed by atoms with van der Waals surface area (Å²) in [7, 11) is 0. The fraction of sp³-hybridized carbons (Fsp3) is 0.333. The summed E-state index contributed by atoms with van der Waals surface area (Å²) in [5.74, 6) is -0.725. The number of rotatable bonds is 4. The van der Waals surface area contributed by atoms with Gasteiger partial charge >= 0.3 is 5.97 Å². The molecule has 2 aromatic rings. The highest BCUT2D eigenvalue weighted by Crippen LogP contribution is 2.30. The second kappa shape index (κ2) is 6.96. The van der Waals surface area contributed by atoms with E-state index in [1.807, 2.05) is 36.6 Å². The highest BCUT2D eigenvalue weighted by Gasteiger charge is 2.21. The molecule has 0 aliphatic heterocycles. The lowest BCUT2D eigenvalue weighted by molar-refractivity contribution is -0.119. The molecule has 5 heteroatoms. The lowest BCUT2D eigenvalue weighted by Gasteiger charge is -2.12. The van der Waals surface area contributed by atoms with E-state index in [0.29, 0.717) is 11.3 Å². The van der Waals surface area contributed by atoms with Gasteiger partial charge in [-0.3, -0.25) is 4.79 Å². The third-order valence-electron chi connectivity index (χ3n) is 3.92. The number of fused-ring (bicyclic) bond motifs is 1. The standard InChI is InChI=1S/C18H19NO3S/c1-12-5-4-6-13(9-12)19-17(20)10-22-18(21)15-11-23-16-8-3-2-7-14(15)16/h4-6,9,11H,2-3,7-8,10H2,1H3,(H,19,20). The van der Waals surface area contributed by atoms with Crippen LogP contribution in [0, 0.1) is 6.92 Å². The number of ether oxygens (including phenoxy) is 1. The smallest absolute Gasteiger partial charge is 0.339 e. The van der Waals surface area contributed by atoms with Crippen LogP contribution in [0.1, 0.15) is 39.2 Å². The van der Waals surface area contributed by atoms with Crippen molar-refractivity contribution in [3.05, 3.63) is 51.2 Å². The van der Waals surface area contributed by atoms with E-state index in [1.165, 1.54) is 11.3 Å². The zero-order chi connectivity index (χ0) is 16.2. The van der Waals surface area contributed by atoms with Crippen molar-refractivity contribution in [3.8, 4) is 0 Å². The lowest BCUT2D eigenvalue weighted by Crippen LogP contribution is -2.21. The number of nitrogens with one attached hydrogen (secondary N) is 1. The van der Waals surface area contributed by atoms with Gasteiger partial charge in [0.05, 0.1) is 5.56 Å². The van der Waals surface area contributed by atoms with Gasteiger partial charge in [-0.25, -0.2) is 4.79 Å². The first kappa shape index (κ1) is 15.7. The van der Waals surface area contributed by atoms with E-state index in [9.17, 15) is 9.59 Å². The number of hydrogen-bond acceptors (Lipinski definition) is 4. The molecule has 1 heterocycles. The largest absolute Gasteiger partial charge is 0.452 e. The molecule has 1 N–H and O–H groups in total. The molecule has 0 saturated carbocycles. The maximum Gasteiger partial charge on any atom is 0.339 e. The van der Waals surface area contributed by atoms with E-state index in [2.05, 4.69) is 5.32 Å². The summed E-state index contributed by atoms with van der Waals surface area (Å²) >= 11 is 1.62. The minimum absolute atomic E-state index is 0.266. The monoisotopic (exact) mass is 329 g/mol. The number of carbonyl (C=O) groups is 2. The molecule has 1 aromatic carbocycles. The van der Waals surface area contributed by atoms with Gasteiger partial charge in [0.2, 0.25) is 0 Å². The summed E-state index contributed by atoms with van der Waals surface area (Å²) in [6.45, 7) is 1.69. The van der Waals surface area contributed by atoms with Crippen LogP contribution in [-0.2, 0) is 22.4 Å². The molecule has 23 heavy (non-hydrogen) atoms. The Kier molecular flexibility index (Phi) is 4.76. The molecule has 0 radical (unpaired) electrons. The van der Waals surface area contributed by atoms with Gasteiger partial charge in [0.25, 0.3) is 5.91 Å². The molecule has 0 bridgehead atoms. The summed E-state index contributed by atoms with van der Waals surface area (Å²) in [4.78, 5) is 25.4. The Morgan fingerprint density at radius 1 is 1.26 bits per heavy atom. The van der Waals surface area contributed by atoms with Crippen LogP contribution in [0.5, 0.6) is 0 Å². The van der Waals surface area contributed by atoms with E-state index in [1.54, 1.807) is 11.3 Å². The predicted octanol–water partition coefficient (Wildman–Crippen LogP) is 3.73. The minimum atomic E-state index is -0.399. The van der Waals surface area contributed by atoms with Crippen LogP contribution >= 0.6 is 11.3 Å². The third-order valence-corrected chi connectivity index (χ3v) is 5.01. The van der Waals surface area contributed by atoms with Crippen LogP contribution in [0.3, 0.4) is 0 Å². The summed E-state index contributed by atoms with van der Waals surface area (Å²) < 4.78 is 5.17. The Hall–Kier alpha value is -2.14. The van der Waals surface area contributed by atoms with E-state index in [0.717, 1.165) is 30.4 Å². The molecule has 0 spiro atoms. The number of hydrogen-bond donors (Lipinski definition) is 1. The molecule has 0 fully saturated rings. The molecule has 0 saturated heterocycles. The first-order chi connectivity index (χ1) is 11.1. The summed E-state index contributed by atoms with van der Waals surface area (Å²) in [6.07, 6.45) is 4.26. The fourth-order valence-corrected chi connectivity index (χ4v) is 3.91. The molecule has 0 unspecified atom stereocenters. The number of benzene rings is 1. The summed E-state index contributed by atoms with van der Waals surface area (Å²) in [5, 5.41) is 4.59. The molecule has 1 aliphatic carbocycles. The molecule has 1 aliphatic rings. The van der Waals surface area contributed by atoms with Crippen LogP contribution < -0.4 is 5.32 Å². The van der Waals surface area contributed by atoms with E-state index < -0.39 is 5.97 Å². The Bertz CT molecular complexity index is 736. The Morgan fingerprint density at radius 3 is 2.91 bits per heavy atom. The van der Waals surface area contributed by atoms with Crippen LogP contribution in [-0.4, -0.2) is 18.5 Å². The third kappa shape index (κ3) is 3.79. The summed E-state index contributed by atoms with van der Waals surface area (Å²) in [6, 6.07) is 7.50. The van der Waals surface area contributed by atoms with Gasteiger partial charge in [-0.05, 0) is 55.9 Å². The van der Waals surface area contributed by atoms with Crippen molar-refractivity contribution in [2.45, 2.75) is 32.6 Å². The normalized spacial score (nSPS) is 13.3. The highest BCUT2D eigenvalue weighted by atomic mass is 32.1. The van der Waals surface area contributed by atoms with E-state index >= 15 is 0 Å². The number of esters is 1. The van der Waals surface area contributed by atoms with Crippen LogP contribution in [0.15, 0.2) is 29.6 Å². The quantitative estimate of drug-likeness (QED) is 0.870. The van der Waals surface area contributed by atoms with Gasteiger partial charge in [-0.1, -0.05) is 12.1 Å². The van der Waals surface area contributed by atoms with E-state index in [-0.39, 0.29) is 12.5 Å². The van der Waals surface area contributed by atoms with Crippen molar-refractivity contribution >= 4 is 28.9 Å². The predicted molar refractivity (Wildman–Crippen MR) is 91.1 cm³/mol. The highest BCUT2D eigenvalue weighted by molar-refractivity contribution is 7.10. The second-order valence-corrected chi connectivity index (χ2v) is 6.72. The van der Waals surface area contributed by atoms with Gasteiger partial charge in [-0.15, -0.1) is 11.3 Å². The first-order valence-electron chi connectivity index (χ1n) is 7.76.